The number of pyridine rings is 1. The van der Waals surface area contributed by atoms with E-state index >= 15 is 0 Å². The Labute approximate surface area is 180 Å². The molecule has 0 atom stereocenters. The summed E-state index contributed by atoms with van der Waals surface area (Å²) in [7, 11) is 0. The minimum absolute atomic E-state index is 0.0172. The van der Waals surface area contributed by atoms with Crippen LogP contribution in [-0.2, 0) is 0 Å². The first-order valence-corrected chi connectivity index (χ1v) is 11.2. The number of hydrogen-bond donors (Lipinski definition) is 0. The molecule has 0 bridgehead atoms. The van der Waals surface area contributed by atoms with Crippen LogP contribution in [-0.4, -0.2) is 60.2 Å². The van der Waals surface area contributed by atoms with Crippen LogP contribution in [0.4, 0.5) is 5.13 Å². The van der Waals surface area contributed by atoms with Crippen molar-refractivity contribution in [1.82, 2.24) is 14.9 Å². The third kappa shape index (κ3) is 4.33. The number of amides is 1. The Morgan fingerprint density at radius 3 is 2.67 bits per heavy atom. The summed E-state index contributed by atoms with van der Waals surface area (Å²) in [6, 6.07) is 9.32. The van der Waals surface area contributed by atoms with Gasteiger partial charge in [0.15, 0.2) is 16.6 Å². The zero-order valence-electron chi connectivity index (χ0n) is 17.3. The Morgan fingerprint density at radius 1 is 1.10 bits per heavy atom. The van der Waals surface area contributed by atoms with Gasteiger partial charge in [0.2, 0.25) is 0 Å². The molecule has 1 saturated heterocycles. The quantitative estimate of drug-likeness (QED) is 0.572. The zero-order valence-corrected chi connectivity index (χ0v) is 18.2. The molecule has 1 aliphatic rings. The zero-order chi connectivity index (χ0) is 20.9. The molecule has 0 spiro atoms. The van der Waals surface area contributed by atoms with Crippen molar-refractivity contribution in [2.75, 3.05) is 44.3 Å². The lowest BCUT2D eigenvalue weighted by molar-refractivity contribution is 0.0746. The van der Waals surface area contributed by atoms with Crippen LogP contribution in [0.1, 0.15) is 30.6 Å². The van der Waals surface area contributed by atoms with Crippen molar-refractivity contribution in [3.05, 3.63) is 42.1 Å². The summed E-state index contributed by atoms with van der Waals surface area (Å²) in [6.07, 6.45) is 2.71. The number of anilines is 1. The van der Waals surface area contributed by atoms with Gasteiger partial charge in [-0.25, -0.2) is 9.97 Å². The SMILES string of the molecule is CCCOc1ccc(C(=O)N2CCN(c3nc4cccnc4s3)CC2)cc1OCC. The van der Waals surface area contributed by atoms with Crippen LogP contribution in [0.15, 0.2) is 36.5 Å². The van der Waals surface area contributed by atoms with E-state index in [1.54, 1.807) is 23.6 Å². The molecule has 1 aliphatic heterocycles. The molecule has 1 amide bonds. The Hall–Kier alpha value is -2.87. The van der Waals surface area contributed by atoms with Gasteiger partial charge in [0, 0.05) is 37.9 Å². The molecule has 7 nitrogen and oxygen atoms in total. The predicted octanol–water partition coefficient (Wildman–Crippen LogP) is 3.84. The first-order valence-electron chi connectivity index (χ1n) is 10.3. The fraction of sp³-hybridized carbons (Fsp3) is 0.409. The van der Waals surface area contributed by atoms with E-state index < -0.39 is 0 Å². The van der Waals surface area contributed by atoms with Gasteiger partial charge in [0.1, 0.15) is 10.3 Å². The van der Waals surface area contributed by atoms with Gasteiger partial charge in [0.05, 0.1) is 13.2 Å². The predicted molar refractivity (Wildman–Crippen MR) is 119 cm³/mol. The molecule has 0 N–H and O–H groups in total. The summed E-state index contributed by atoms with van der Waals surface area (Å²) in [5.41, 5.74) is 1.55. The number of rotatable bonds is 7. The Kier molecular flexibility index (Phi) is 6.32. The van der Waals surface area contributed by atoms with E-state index in [0.29, 0.717) is 43.4 Å². The molecular weight excluding hydrogens is 400 g/mol. The number of ether oxygens (including phenoxy) is 2. The lowest BCUT2D eigenvalue weighted by Crippen LogP contribution is -2.48. The van der Waals surface area contributed by atoms with Gasteiger partial charge in [-0.3, -0.25) is 4.79 Å². The lowest BCUT2D eigenvalue weighted by atomic mass is 10.1. The highest BCUT2D eigenvalue weighted by molar-refractivity contribution is 7.21. The van der Waals surface area contributed by atoms with E-state index in [0.717, 1.165) is 35.0 Å². The largest absolute Gasteiger partial charge is 0.490 e. The molecule has 3 aromatic rings. The molecule has 8 heteroatoms. The second-order valence-corrected chi connectivity index (χ2v) is 8.00. The summed E-state index contributed by atoms with van der Waals surface area (Å²) in [5.74, 6) is 1.32. The molecule has 1 fully saturated rings. The maximum atomic E-state index is 13.1. The van der Waals surface area contributed by atoms with Crippen LogP contribution in [0.5, 0.6) is 11.5 Å². The van der Waals surface area contributed by atoms with Crippen LogP contribution in [0.2, 0.25) is 0 Å². The molecule has 0 unspecified atom stereocenters. The molecule has 4 rings (SSSR count). The third-order valence-electron chi connectivity index (χ3n) is 4.94. The van der Waals surface area contributed by atoms with E-state index in [2.05, 4.69) is 21.8 Å². The topological polar surface area (TPSA) is 67.8 Å². The second-order valence-electron chi connectivity index (χ2n) is 7.05. The summed E-state index contributed by atoms with van der Waals surface area (Å²) in [6.45, 7) is 7.94. The van der Waals surface area contributed by atoms with Gasteiger partial charge in [-0.05, 0) is 43.7 Å². The highest BCUT2D eigenvalue weighted by atomic mass is 32.1. The highest BCUT2D eigenvalue weighted by Gasteiger charge is 2.25. The summed E-state index contributed by atoms with van der Waals surface area (Å²) in [4.78, 5) is 27.2. The number of carbonyl (C=O) groups is 1. The van der Waals surface area contributed by atoms with E-state index in [1.807, 2.05) is 36.1 Å². The molecule has 3 heterocycles. The standard InChI is InChI=1S/C22H26N4O3S/c1-3-14-29-18-8-7-16(15-19(18)28-4-2)21(27)25-10-12-26(13-11-25)22-24-17-6-5-9-23-20(17)30-22/h5-9,15H,3-4,10-14H2,1-2H3. The Bertz CT molecular complexity index is 982. The van der Waals surface area contributed by atoms with Crippen molar-refractivity contribution in [2.45, 2.75) is 20.3 Å². The number of hydrogen-bond acceptors (Lipinski definition) is 7. The third-order valence-corrected chi connectivity index (χ3v) is 5.98. The molecule has 0 aliphatic carbocycles. The maximum absolute atomic E-state index is 13.1. The fourth-order valence-corrected chi connectivity index (χ4v) is 4.38. The molecule has 0 radical (unpaired) electrons. The number of thiazole rings is 1. The molecule has 30 heavy (non-hydrogen) atoms. The molecular formula is C22H26N4O3S. The average Bonchev–Trinajstić information content (AvgIpc) is 3.22. The number of piperazine rings is 1. The number of aromatic nitrogens is 2. The number of nitrogens with zero attached hydrogens (tertiary/aromatic N) is 4. The molecule has 0 saturated carbocycles. The van der Waals surface area contributed by atoms with Crippen LogP contribution in [0, 0.1) is 0 Å². The monoisotopic (exact) mass is 426 g/mol. The fourth-order valence-electron chi connectivity index (χ4n) is 3.42. The van der Waals surface area contributed by atoms with Crippen LogP contribution in [0.3, 0.4) is 0 Å². The van der Waals surface area contributed by atoms with Gasteiger partial charge in [0.25, 0.3) is 5.91 Å². The van der Waals surface area contributed by atoms with Gasteiger partial charge >= 0.3 is 0 Å². The van der Waals surface area contributed by atoms with Gasteiger partial charge in [-0.15, -0.1) is 0 Å². The summed E-state index contributed by atoms with van der Waals surface area (Å²) < 4.78 is 11.4. The van der Waals surface area contributed by atoms with E-state index in [4.69, 9.17) is 9.47 Å². The van der Waals surface area contributed by atoms with Gasteiger partial charge in [-0.1, -0.05) is 18.3 Å². The van der Waals surface area contributed by atoms with Crippen LogP contribution >= 0.6 is 11.3 Å². The normalized spacial score (nSPS) is 14.2. The van der Waals surface area contributed by atoms with E-state index in [-0.39, 0.29) is 5.91 Å². The first-order chi connectivity index (χ1) is 14.7. The number of benzene rings is 1. The van der Waals surface area contributed by atoms with Crippen molar-refractivity contribution in [1.29, 1.82) is 0 Å². The Morgan fingerprint density at radius 2 is 1.93 bits per heavy atom. The Balaban J connectivity index is 1.42. The number of carbonyl (C=O) groups excluding carboxylic acids is 1. The van der Waals surface area contributed by atoms with Crippen molar-refractivity contribution >= 4 is 32.7 Å². The van der Waals surface area contributed by atoms with Crippen molar-refractivity contribution in [3.63, 3.8) is 0 Å². The van der Waals surface area contributed by atoms with Gasteiger partial charge < -0.3 is 19.3 Å². The van der Waals surface area contributed by atoms with E-state index in [1.165, 1.54) is 0 Å². The maximum Gasteiger partial charge on any atom is 0.254 e. The average molecular weight is 427 g/mol. The van der Waals surface area contributed by atoms with Crippen molar-refractivity contribution < 1.29 is 14.3 Å². The minimum atomic E-state index is 0.0172. The highest BCUT2D eigenvalue weighted by Crippen LogP contribution is 2.30. The smallest absolute Gasteiger partial charge is 0.254 e. The molecule has 1 aromatic carbocycles. The first kappa shape index (κ1) is 20.4. The molecule has 2 aromatic heterocycles. The lowest BCUT2D eigenvalue weighted by Gasteiger charge is -2.34. The summed E-state index contributed by atoms with van der Waals surface area (Å²) in [5, 5.41) is 0.965. The van der Waals surface area contributed by atoms with Crippen molar-refractivity contribution in [3.8, 4) is 11.5 Å². The summed E-state index contributed by atoms with van der Waals surface area (Å²) >= 11 is 1.60. The number of fused-ring (bicyclic) bond motifs is 1. The van der Waals surface area contributed by atoms with Gasteiger partial charge in [-0.2, -0.15) is 0 Å². The van der Waals surface area contributed by atoms with E-state index in [9.17, 15) is 4.79 Å². The second kappa shape index (κ2) is 9.30. The minimum Gasteiger partial charge on any atom is -0.490 e. The van der Waals surface area contributed by atoms with Crippen LogP contribution in [0.25, 0.3) is 10.3 Å². The molecule has 158 valence electrons. The van der Waals surface area contributed by atoms with Crippen molar-refractivity contribution in [2.24, 2.45) is 0 Å². The van der Waals surface area contributed by atoms with Crippen LogP contribution < -0.4 is 14.4 Å².